The van der Waals surface area contributed by atoms with Crippen molar-refractivity contribution in [3.05, 3.63) is 47.3 Å². The molecular weight excluding hydrogens is 318 g/mol. The van der Waals surface area contributed by atoms with Crippen LogP contribution < -0.4 is 16.0 Å². The van der Waals surface area contributed by atoms with Crippen molar-refractivity contribution < 1.29 is 9.59 Å². The number of carbonyl (C=O) groups is 2. The van der Waals surface area contributed by atoms with Crippen LogP contribution in [0.25, 0.3) is 0 Å². The number of carbonyl (C=O) groups excluding carboxylic acids is 2. The minimum atomic E-state index is -0.532. The number of anilines is 2. The fraction of sp³-hybridized carbons (Fsp3) is 0.333. The summed E-state index contributed by atoms with van der Waals surface area (Å²) in [5, 5.41) is 10.7. The largest absolute Gasteiger partial charge is 0.370 e. The van der Waals surface area contributed by atoms with E-state index >= 15 is 0 Å². The van der Waals surface area contributed by atoms with Crippen LogP contribution in [0.2, 0.25) is 0 Å². The van der Waals surface area contributed by atoms with Crippen molar-refractivity contribution in [2.45, 2.75) is 26.2 Å². The molecule has 0 unspecified atom stereocenters. The van der Waals surface area contributed by atoms with Gasteiger partial charge in [0.1, 0.15) is 0 Å². The van der Waals surface area contributed by atoms with Gasteiger partial charge in [-0.1, -0.05) is 0 Å². The number of rotatable bonds is 4. The third-order valence-corrected chi connectivity index (χ3v) is 4.26. The van der Waals surface area contributed by atoms with Crippen LogP contribution in [-0.4, -0.2) is 35.1 Å². The minimum absolute atomic E-state index is 0.222. The van der Waals surface area contributed by atoms with Crippen LogP contribution in [0.4, 0.5) is 11.4 Å². The molecule has 130 valence electrons. The van der Waals surface area contributed by atoms with E-state index in [1.807, 2.05) is 6.07 Å². The Morgan fingerprint density at radius 3 is 2.48 bits per heavy atom. The number of aryl methyl sites for hydroxylation is 1. The van der Waals surface area contributed by atoms with Gasteiger partial charge in [-0.05, 0) is 56.5 Å². The van der Waals surface area contributed by atoms with Crippen LogP contribution in [-0.2, 0) is 0 Å². The highest BCUT2D eigenvalue weighted by Crippen LogP contribution is 2.30. The summed E-state index contributed by atoms with van der Waals surface area (Å²) >= 11 is 0. The Bertz CT molecular complexity index is 783. The summed E-state index contributed by atoms with van der Waals surface area (Å²) in [5.41, 5.74) is 8.14. The Kier molecular flexibility index (Phi) is 4.92. The number of amides is 2. The summed E-state index contributed by atoms with van der Waals surface area (Å²) in [6.45, 7) is 3.64. The second kappa shape index (κ2) is 7.29. The van der Waals surface area contributed by atoms with Crippen LogP contribution in [0.1, 0.15) is 45.8 Å². The predicted molar refractivity (Wildman–Crippen MR) is 95.7 cm³/mol. The summed E-state index contributed by atoms with van der Waals surface area (Å²) in [6, 6.07) is 8.49. The number of piperidine rings is 1. The number of aromatic nitrogens is 2. The second-order valence-corrected chi connectivity index (χ2v) is 6.16. The summed E-state index contributed by atoms with van der Waals surface area (Å²) in [6.07, 6.45) is 3.42. The SMILES string of the molecule is Cc1ccc(C(=O)Nc2cc(C(N)=O)ccc2N2CCCCC2)nn1. The average Bonchev–Trinajstić information content (AvgIpc) is 2.63. The van der Waals surface area contributed by atoms with E-state index in [2.05, 4.69) is 20.4 Å². The molecule has 1 aromatic carbocycles. The summed E-state index contributed by atoms with van der Waals surface area (Å²) < 4.78 is 0. The molecule has 1 aliphatic rings. The average molecular weight is 339 g/mol. The topological polar surface area (TPSA) is 101 Å². The third-order valence-electron chi connectivity index (χ3n) is 4.26. The van der Waals surface area contributed by atoms with Crippen LogP contribution in [0.5, 0.6) is 0 Å². The highest BCUT2D eigenvalue weighted by atomic mass is 16.2. The van der Waals surface area contributed by atoms with Gasteiger partial charge >= 0.3 is 0 Å². The fourth-order valence-electron chi connectivity index (χ4n) is 2.91. The number of nitrogens with zero attached hydrogens (tertiary/aromatic N) is 3. The lowest BCUT2D eigenvalue weighted by atomic mass is 10.1. The summed E-state index contributed by atoms with van der Waals surface area (Å²) in [4.78, 5) is 26.2. The van der Waals surface area contributed by atoms with Gasteiger partial charge < -0.3 is 16.0 Å². The molecule has 7 nitrogen and oxygen atoms in total. The number of primary amides is 1. The molecule has 25 heavy (non-hydrogen) atoms. The molecule has 0 bridgehead atoms. The van der Waals surface area contributed by atoms with Crippen molar-refractivity contribution in [2.24, 2.45) is 5.73 Å². The van der Waals surface area contributed by atoms with Gasteiger partial charge in [0.15, 0.2) is 5.69 Å². The monoisotopic (exact) mass is 339 g/mol. The molecule has 0 saturated carbocycles. The lowest BCUT2D eigenvalue weighted by molar-refractivity contribution is 0.0995. The first-order valence-electron chi connectivity index (χ1n) is 8.35. The molecular formula is C18H21N5O2. The predicted octanol–water partition coefficient (Wildman–Crippen LogP) is 2.13. The van der Waals surface area contributed by atoms with Crippen molar-refractivity contribution in [1.29, 1.82) is 0 Å². The quantitative estimate of drug-likeness (QED) is 0.888. The summed E-state index contributed by atoms with van der Waals surface area (Å²) in [5.74, 6) is -0.900. The van der Waals surface area contributed by atoms with Crippen molar-refractivity contribution >= 4 is 23.2 Å². The van der Waals surface area contributed by atoms with E-state index in [0.717, 1.165) is 37.3 Å². The molecule has 2 aromatic rings. The van der Waals surface area contributed by atoms with E-state index in [0.29, 0.717) is 11.3 Å². The molecule has 0 atom stereocenters. The van der Waals surface area contributed by atoms with Crippen molar-refractivity contribution in [3.8, 4) is 0 Å². The number of nitrogens with two attached hydrogens (primary N) is 1. The van der Waals surface area contributed by atoms with E-state index < -0.39 is 5.91 Å². The molecule has 2 amide bonds. The number of hydrogen-bond donors (Lipinski definition) is 2. The Balaban J connectivity index is 1.91. The first-order valence-corrected chi connectivity index (χ1v) is 8.35. The van der Waals surface area contributed by atoms with Gasteiger partial charge in [-0.15, -0.1) is 5.10 Å². The zero-order valence-electron chi connectivity index (χ0n) is 14.2. The van der Waals surface area contributed by atoms with E-state index in [9.17, 15) is 9.59 Å². The lowest BCUT2D eigenvalue weighted by Gasteiger charge is -2.30. The van der Waals surface area contributed by atoms with E-state index in [1.54, 1.807) is 31.2 Å². The van der Waals surface area contributed by atoms with Gasteiger partial charge in [0, 0.05) is 18.7 Å². The van der Waals surface area contributed by atoms with Crippen LogP contribution >= 0.6 is 0 Å². The Hall–Kier alpha value is -2.96. The molecule has 0 spiro atoms. The minimum Gasteiger partial charge on any atom is -0.370 e. The number of nitrogens with one attached hydrogen (secondary N) is 1. The second-order valence-electron chi connectivity index (χ2n) is 6.16. The fourth-order valence-corrected chi connectivity index (χ4v) is 2.91. The molecule has 7 heteroatoms. The Labute approximate surface area is 146 Å². The van der Waals surface area contributed by atoms with Crippen LogP contribution in [0, 0.1) is 6.92 Å². The third kappa shape index (κ3) is 3.93. The zero-order valence-corrected chi connectivity index (χ0v) is 14.2. The smallest absolute Gasteiger partial charge is 0.276 e. The van der Waals surface area contributed by atoms with Crippen molar-refractivity contribution in [2.75, 3.05) is 23.3 Å². The lowest BCUT2D eigenvalue weighted by Crippen LogP contribution is -2.30. The van der Waals surface area contributed by atoms with Crippen LogP contribution in [0.15, 0.2) is 30.3 Å². The maximum absolute atomic E-state index is 12.5. The molecule has 1 saturated heterocycles. The normalized spacial score (nSPS) is 14.2. The number of benzene rings is 1. The molecule has 1 aliphatic heterocycles. The van der Waals surface area contributed by atoms with Gasteiger partial charge in [-0.2, -0.15) is 5.10 Å². The number of hydrogen-bond acceptors (Lipinski definition) is 5. The maximum atomic E-state index is 12.5. The zero-order chi connectivity index (χ0) is 17.8. The highest BCUT2D eigenvalue weighted by molar-refractivity contribution is 6.06. The highest BCUT2D eigenvalue weighted by Gasteiger charge is 2.18. The van der Waals surface area contributed by atoms with Gasteiger partial charge in [-0.3, -0.25) is 9.59 Å². The molecule has 0 aliphatic carbocycles. The van der Waals surface area contributed by atoms with Gasteiger partial charge in [0.05, 0.1) is 17.1 Å². The standard InChI is InChI=1S/C18H21N5O2/c1-12-5-7-14(22-21-12)18(25)20-15-11-13(17(19)24)6-8-16(15)23-9-3-2-4-10-23/h5-8,11H,2-4,9-10H2,1H3,(H2,19,24)(H,20,25). The van der Waals surface area contributed by atoms with Crippen molar-refractivity contribution in [1.82, 2.24) is 10.2 Å². The molecule has 0 radical (unpaired) electrons. The maximum Gasteiger partial charge on any atom is 0.276 e. The van der Waals surface area contributed by atoms with E-state index in [1.165, 1.54) is 6.42 Å². The molecule has 1 fully saturated rings. The Morgan fingerprint density at radius 1 is 1.08 bits per heavy atom. The van der Waals surface area contributed by atoms with Gasteiger partial charge in [0.2, 0.25) is 5.91 Å². The van der Waals surface area contributed by atoms with Crippen LogP contribution in [0.3, 0.4) is 0 Å². The first kappa shape index (κ1) is 16.9. The molecule has 3 N–H and O–H groups in total. The molecule has 1 aromatic heterocycles. The van der Waals surface area contributed by atoms with Gasteiger partial charge in [0.25, 0.3) is 5.91 Å². The molecule has 2 heterocycles. The van der Waals surface area contributed by atoms with E-state index in [4.69, 9.17) is 5.73 Å². The van der Waals surface area contributed by atoms with Gasteiger partial charge in [-0.25, -0.2) is 0 Å². The first-order chi connectivity index (χ1) is 12.0. The van der Waals surface area contributed by atoms with Crippen molar-refractivity contribution in [3.63, 3.8) is 0 Å². The Morgan fingerprint density at radius 2 is 1.84 bits per heavy atom. The summed E-state index contributed by atoms with van der Waals surface area (Å²) in [7, 11) is 0. The van der Waals surface area contributed by atoms with E-state index in [-0.39, 0.29) is 11.6 Å². The molecule has 3 rings (SSSR count).